The fraction of sp³-hybridized carbons (Fsp3) is 0.625. The molecule has 0 N–H and O–H groups in total. The van der Waals surface area contributed by atoms with Crippen LogP contribution in [0.3, 0.4) is 0 Å². The van der Waals surface area contributed by atoms with Gasteiger partial charge in [0.2, 0.25) is 5.91 Å². The molecule has 158 valence electrons. The molecule has 5 heteroatoms. The molecule has 2 fully saturated rings. The third kappa shape index (κ3) is 6.69. The lowest BCUT2D eigenvalue weighted by Crippen LogP contribution is -2.38. The predicted octanol–water partition coefficient (Wildman–Crippen LogP) is 4.32. The largest absolute Gasteiger partial charge is 0.426 e. The van der Waals surface area contributed by atoms with Gasteiger partial charge >= 0.3 is 5.97 Å². The van der Waals surface area contributed by atoms with Crippen LogP contribution in [0.1, 0.15) is 69.8 Å². The fourth-order valence-corrected chi connectivity index (χ4v) is 4.46. The van der Waals surface area contributed by atoms with Gasteiger partial charge in [-0.1, -0.05) is 31.4 Å². The van der Waals surface area contributed by atoms with Crippen molar-refractivity contribution in [3.8, 4) is 5.75 Å². The highest BCUT2D eigenvalue weighted by Gasteiger charge is 2.23. The highest BCUT2D eigenvalue weighted by Crippen LogP contribution is 2.26. The molecule has 0 bridgehead atoms. The Morgan fingerprint density at radius 1 is 1.07 bits per heavy atom. The highest BCUT2D eigenvalue weighted by atomic mass is 16.5. The number of nitrogens with zero attached hydrogens (tertiary/aromatic N) is 1. The Morgan fingerprint density at radius 2 is 1.83 bits per heavy atom. The third-order valence-electron chi connectivity index (χ3n) is 6.31. The molecule has 1 saturated carbocycles. The Labute approximate surface area is 173 Å². The van der Waals surface area contributed by atoms with Crippen molar-refractivity contribution >= 4 is 18.2 Å². The van der Waals surface area contributed by atoms with E-state index < -0.39 is 0 Å². The van der Waals surface area contributed by atoms with Crippen LogP contribution in [0.15, 0.2) is 24.3 Å². The lowest BCUT2D eigenvalue weighted by molar-refractivity contribution is -0.140. The van der Waals surface area contributed by atoms with E-state index in [2.05, 4.69) is 0 Å². The third-order valence-corrected chi connectivity index (χ3v) is 6.31. The van der Waals surface area contributed by atoms with Gasteiger partial charge in [0.05, 0.1) is 5.92 Å². The summed E-state index contributed by atoms with van der Waals surface area (Å²) in [6.45, 7) is 1.54. The minimum atomic E-state index is -0.102. The lowest BCUT2D eigenvalue weighted by atomic mass is 9.89. The molecule has 29 heavy (non-hydrogen) atoms. The van der Waals surface area contributed by atoms with Gasteiger partial charge in [-0.15, -0.1) is 0 Å². The van der Waals surface area contributed by atoms with Crippen molar-refractivity contribution in [2.75, 3.05) is 13.1 Å². The van der Waals surface area contributed by atoms with Gasteiger partial charge in [0, 0.05) is 25.9 Å². The second-order valence-electron chi connectivity index (χ2n) is 8.48. The van der Waals surface area contributed by atoms with Crippen LogP contribution in [0, 0.1) is 11.8 Å². The van der Waals surface area contributed by atoms with E-state index >= 15 is 0 Å². The van der Waals surface area contributed by atoms with Crippen LogP contribution < -0.4 is 4.74 Å². The lowest BCUT2D eigenvalue weighted by Gasteiger charge is -2.31. The molecule has 0 unspecified atom stereocenters. The topological polar surface area (TPSA) is 63.7 Å². The van der Waals surface area contributed by atoms with Crippen LogP contribution >= 0.6 is 0 Å². The molecule has 1 amide bonds. The second kappa shape index (κ2) is 11.1. The quantitative estimate of drug-likeness (QED) is 0.371. The van der Waals surface area contributed by atoms with Crippen molar-refractivity contribution in [2.24, 2.45) is 11.8 Å². The zero-order chi connectivity index (χ0) is 20.5. The summed E-state index contributed by atoms with van der Waals surface area (Å²) in [5, 5.41) is 0. The number of carbonyl (C=O) groups excluding carboxylic acids is 3. The number of esters is 1. The van der Waals surface area contributed by atoms with Gasteiger partial charge < -0.3 is 14.4 Å². The van der Waals surface area contributed by atoms with Gasteiger partial charge in [0.1, 0.15) is 12.0 Å². The number of rotatable bonds is 8. The van der Waals surface area contributed by atoms with E-state index in [-0.39, 0.29) is 17.8 Å². The number of piperidine rings is 1. The maximum Gasteiger partial charge on any atom is 0.314 e. The smallest absolute Gasteiger partial charge is 0.314 e. The van der Waals surface area contributed by atoms with Crippen LogP contribution in [-0.4, -0.2) is 36.2 Å². The standard InChI is InChI=1S/C24H33NO4/c26-17-14-19-12-15-25(16-13-19)23(27)11-5-7-20-6-4-10-22(18-20)29-24(28)21-8-2-1-3-9-21/h4,6,10,17-19,21H,1-3,5,7-9,11-16H2. The number of amides is 1. The molecule has 0 aromatic heterocycles. The van der Waals surface area contributed by atoms with Crippen LogP contribution in [-0.2, 0) is 20.8 Å². The van der Waals surface area contributed by atoms with Gasteiger partial charge in [-0.25, -0.2) is 0 Å². The molecule has 5 nitrogen and oxygen atoms in total. The number of ether oxygens (including phenoxy) is 1. The first-order chi connectivity index (χ1) is 14.2. The molecule has 1 saturated heterocycles. The van der Waals surface area contributed by atoms with Gasteiger partial charge in [0.25, 0.3) is 0 Å². The minimum absolute atomic E-state index is 0.0423. The molecule has 0 radical (unpaired) electrons. The summed E-state index contributed by atoms with van der Waals surface area (Å²) in [6.07, 6.45) is 10.9. The Hall–Kier alpha value is -2.17. The van der Waals surface area contributed by atoms with Crippen LogP contribution in [0.25, 0.3) is 0 Å². The van der Waals surface area contributed by atoms with Gasteiger partial charge in [-0.05, 0) is 62.1 Å². The summed E-state index contributed by atoms with van der Waals surface area (Å²) in [6, 6.07) is 7.70. The Balaban J connectivity index is 1.40. The van der Waals surface area contributed by atoms with Crippen molar-refractivity contribution in [3.05, 3.63) is 29.8 Å². The Kier molecular flexibility index (Phi) is 8.26. The Bertz CT molecular complexity index is 688. The van der Waals surface area contributed by atoms with Crippen LogP contribution in [0.2, 0.25) is 0 Å². The predicted molar refractivity (Wildman–Crippen MR) is 112 cm³/mol. The van der Waals surface area contributed by atoms with Crippen molar-refractivity contribution in [2.45, 2.75) is 70.6 Å². The minimum Gasteiger partial charge on any atom is -0.426 e. The van der Waals surface area contributed by atoms with E-state index in [1.807, 2.05) is 29.2 Å². The summed E-state index contributed by atoms with van der Waals surface area (Å²) < 4.78 is 5.61. The van der Waals surface area contributed by atoms with Gasteiger partial charge in [-0.3, -0.25) is 9.59 Å². The average Bonchev–Trinajstić information content (AvgIpc) is 2.75. The molecule has 3 rings (SSSR count). The van der Waals surface area contributed by atoms with Crippen LogP contribution in [0.5, 0.6) is 5.75 Å². The zero-order valence-corrected chi connectivity index (χ0v) is 17.3. The first-order valence-corrected chi connectivity index (χ1v) is 11.2. The van der Waals surface area contributed by atoms with Crippen molar-refractivity contribution < 1.29 is 19.1 Å². The number of carbonyl (C=O) groups is 3. The SMILES string of the molecule is O=CCC1CCN(C(=O)CCCc2cccc(OC(=O)C3CCCCC3)c2)CC1. The van der Waals surface area contributed by atoms with E-state index in [0.29, 0.717) is 24.5 Å². The summed E-state index contributed by atoms with van der Waals surface area (Å²) in [4.78, 5) is 37.3. The molecule has 0 atom stereocenters. The zero-order valence-electron chi connectivity index (χ0n) is 17.3. The van der Waals surface area contributed by atoms with E-state index in [0.717, 1.165) is 76.3 Å². The first kappa shape index (κ1) is 21.5. The second-order valence-corrected chi connectivity index (χ2v) is 8.48. The van der Waals surface area contributed by atoms with Crippen molar-refractivity contribution in [1.82, 2.24) is 4.90 Å². The van der Waals surface area contributed by atoms with E-state index in [4.69, 9.17) is 4.74 Å². The molecule has 1 heterocycles. The highest BCUT2D eigenvalue weighted by molar-refractivity contribution is 5.76. The Morgan fingerprint density at radius 3 is 2.55 bits per heavy atom. The maximum absolute atomic E-state index is 12.4. The number of aldehydes is 1. The monoisotopic (exact) mass is 399 g/mol. The van der Waals surface area contributed by atoms with E-state index in [1.165, 1.54) is 6.42 Å². The summed E-state index contributed by atoms with van der Waals surface area (Å²) in [5.41, 5.74) is 1.09. The molecular weight excluding hydrogens is 366 g/mol. The molecular formula is C24H33NO4. The van der Waals surface area contributed by atoms with Crippen molar-refractivity contribution in [1.29, 1.82) is 0 Å². The normalized spacial score (nSPS) is 18.4. The van der Waals surface area contributed by atoms with E-state index in [1.54, 1.807) is 0 Å². The average molecular weight is 400 g/mol. The number of benzene rings is 1. The molecule has 0 spiro atoms. The first-order valence-electron chi connectivity index (χ1n) is 11.2. The number of likely N-dealkylation sites (tertiary alicyclic amines) is 1. The molecule has 1 aromatic carbocycles. The summed E-state index contributed by atoms with van der Waals surface area (Å²) >= 11 is 0. The maximum atomic E-state index is 12.4. The van der Waals surface area contributed by atoms with Gasteiger partial charge in [-0.2, -0.15) is 0 Å². The fourth-order valence-electron chi connectivity index (χ4n) is 4.46. The number of aryl methyl sites for hydroxylation is 1. The summed E-state index contributed by atoms with van der Waals surface area (Å²) in [7, 11) is 0. The van der Waals surface area contributed by atoms with Crippen molar-refractivity contribution in [3.63, 3.8) is 0 Å². The summed E-state index contributed by atoms with van der Waals surface area (Å²) in [5.74, 6) is 1.20. The van der Waals surface area contributed by atoms with Crippen LogP contribution in [0.4, 0.5) is 0 Å². The molecule has 1 aromatic rings. The molecule has 1 aliphatic carbocycles. The molecule has 1 aliphatic heterocycles. The number of hydrogen-bond acceptors (Lipinski definition) is 4. The van der Waals surface area contributed by atoms with Gasteiger partial charge in [0.15, 0.2) is 0 Å². The van der Waals surface area contributed by atoms with E-state index in [9.17, 15) is 14.4 Å². The molecule has 2 aliphatic rings. The number of hydrogen-bond donors (Lipinski definition) is 0.